The fourth-order valence-electron chi connectivity index (χ4n) is 3.08. The highest BCUT2D eigenvalue weighted by atomic mass is 127. The van der Waals surface area contributed by atoms with Gasteiger partial charge in [0.1, 0.15) is 0 Å². The van der Waals surface area contributed by atoms with Gasteiger partial charge in [-0.1, -0.05) is 31.2 Å². The number of carbonyl (C=O) groups excluding carboxylic acids is 1. The summed E-state index contributed by atoms with van der Waals surface area (Å²) in [6, 6.07) is 13.0. The largest absolute Gasteiger partial charge is 0.357 e. The van der Waals surface area contributed by atoms with E-state index in [0.29, 0.717) is 30.4 Å². The number of carbonyl (C=O) groups is 1. The zero-order valence-electron chi connectivity index (χ0n) is 19.1. The number of amides is 1. The molecule has 0 aliphatic rings. The van der Waals surface area contributed by atoms with Crippen LogP contribution >= 0.6 is 24.0 Å². The maximum Gasteiger partial charge on any atom is 0.224 e. The number of benzene rings is 2. The highest BCUT2D eigenvalue weighted by Gasteiger charge is 2.10. The second kappa shape index (κ2) is 13.4. The first-order chi connectivity index (χ1) is 14.7. The van der Waals surface area contributed by atoms with Crippen LogP contribution in [-0.2, 0) is 27.7 Å². The monoisotopic (exact) mass is 572 g/mol. The second-order valence-corrected chi connectivity index (χ2v) is 9.40. The van der Waals surface area contributed by atoms with Gasteiger partial charge >= 0.3 is 0 Å². The van der Waals surface area contributed by atoms with Gasteiger partial charge in [0.05, 0.1) is 11.4 Å². The zero-order chi connectivity index (χ0) is 22.9. The van der Waals surface area contributed by atoms with E-state index >= 15 is 0 Å². The smallest absolute Gasteiger partial charge is 0.224 e. The van der Waals surface area contributed by atoms with E-state index in [0.717, 1.165) is 35.3 Å². The van der Waals surface area contributed by atoms with Crippen LogP contribution in [0.4, 0.5) is 5.69 Å². The summed E-state index contributed by atoms with van der Waals surface area (Å²) in [6.07, 6.45) is 2.55. The van der Waals surface area contributed by atoms with Gasteiger partial charge in [0.25, 0.3) is 0 Å². The summed E-state index contributed by atoms with van der Waals surface area (Å²) in [4.78, 5) is 16.6. The fourth-order valence-corrected chi connectivity index (χ4v) is 4.04. The summed E-state index contributed by atoms with van der Waals surface area (Å²) in [5.41, 5.74) is 3.51. The summed E-state index contributed by atoms with van der Waals surface area (Å²) in [5.74, 6) is 0.697. The molecule has 7 nitrogen and oxygen atoms in total. The summed E-state index contributed by atoms with van der Waals surface area (Å²) >= 11 is 0. The van der Waals surface area contributed by atoms with Gasteiger partial charge in [-0.25, -0.2) is 13.4 Å². The number of guanidine groups is 1. The Bertz CT molecular complexity index is 1020. The van der Waals surface area contributed by atoms with Crippen LogP contribution in [0, 0.1) is 6.92 Å². The van der Waals surface area contributed by atoms with Gasteiger partial charge in [0.2, 0.25) is 5.91 Å². The van der Waals surface area contributed by atoms with Gasteiger partial charge < -0.3 is 16.0 Å². The van der Waals surface area contributed by atoms with Crippen molar-refractivity contribution in [2.45, 2.75) is 51.6 Å². The molecule has 1 amide bonds. The Morgan fingerprint density at radius 2 is 1.66 bits per heavy atom. The number of aryl methyl sites for hydroxylation is 1. The van der Waals surface area contributed by atoms with Gasteiger partial charge in [-0.3, -0.25) is 4.79 Å². The minimum Gasteiger partial charge on any atom is -0.357 e. The van der Waals surface area contributed by atoms with Gasteiger partial charge in [-0.2, -0.15) is 0 Å². The van der Waals surface area contributed by atoms with Crippen LogP contribution in [0.2, 0.25) is 0 Å². The Kier molecular flexibility index (Phi) is 11.7. The summed E-state index contributed by atoms with van der Waals surface area (Å²) in [5, 5.41) is 9.38. The molecule has 2 aromatic rings. The quantitative estimate of drug-likeness (QED) is 0.240. The Labute approximate surface area is 208 Å². The maximum atomic E-state index is 11.8. The molecule has 0 aliphatic carbocycles. The van der Waals surface area contributed by atoms with E-state index in [1.807, 2.05) is 44.2 Å². The number of hydrogen-bond acceptors (Lipinski definition) is 4. The predicted molar refractivity (Wildman–Crippen MR) is 141 cm³/mol. The van der Waals surface area contributed by atoms with Gasteiger partial charge in [0.15, 0.2) is 15.8 Å². The highest BCUT2D eigenvalue weighted by Crippen LogP contribution is 2.17. The number of rotatable bonds is 9. The van der Waals surface area contributed by atoms with E-state index in [4.69, 9.17) is 0 Å². The van der Waals surface area contributed by atoms with Gasteiger partial charge in [-0.15, -0.1) is 24.0 Å². The Balaban J connectivity index is 0.00000512. The van der Waals surface area contributed by atoms with Crippen molar-refractivity contribution in [3.8, 4) is 0 Å². The van der Waals surface area contributed by atoms with Gasteiger partial charge in [-0.05, 0) is 55.2 Å². The van der Waals surface area contributed by atoms with Crippen molar-refractivity contribution in [1.82, 2.24) is 10.6 Å². The Morgan fingerprint density at radius 3 is 2.22 bits per heavy atom. The maximum absolute atomic E-state index is 11.8. The fraction of sp³-hybridized carbons (Fsp3) is 0.391. The van der Waals surface area contributed by atoms with E-state index in [-0.39, 0.29) is 29.9 Å². The third kappa shape index (κ3) is 9.15. The number of hydrogen-bond donors (Lipinski definition) is 3. The van der Waals surface area contributed by atoms with E-state index in [9.17, 15) is 13.2 Å². The molecule has 0 fully saturated rings. The van der Waals surface area contributed by atoms with E-state index < -0.39 is 9.84 Å². The number of sulfone groups is 1. The minimum atomic E-state index is -3.23. The van der Waals surface area contributed by atoms with E-state index in [1.165, 1.54) is 6.26 Å². The van der Waals surface area contributed by atoms with Crippen molar-refractivity contribution in [2.75, 3.05) is 18.1 Å². The lowest BCUT2D eigenvalue weighted by Crippen LogP contribution is -2.36. The lowest BCUT2D eigenvalue weighted by Gasteiger charge is -2.12. The van der Waals surface area contributed by atoms with Crippen molar-refractivity contribution in [3.63, 3.8) is 0 Å². The lowest BCUT2D eigenvalue weighted by atomic mass is 10.1. The summed E-state index contributed by atoms with van der Waals surface area (Å²) in [6.45, 7) is 7.50. The van der Waals surface area contributed by atoms with Crippen LogP contribution in [-0.4, -0.2) is 33.1 Å². The van der Waals surface area contributed by atoms with Crippen molar-refractivity contribution in [2.24, 2.45) is 4.99 Å². The average Bonchev–Trinajstić information content (AvgIpc) is 2.70. The van der Waals surface area contributed by atoms with Crippen LogP contribution in [0.15, 0.2) is 52.4 Å². The minimum absolute atomic E-state index is 0. The first-order valence-electron chi connectivity index (χ1n) is 10.4. The number of halogens is 1. The van der Waals surface area contributed by atoms with Crippen LogP contribution in [0.25, 0.3) is 0 Å². The number of anilines is 1. The predicted octanol–water partition coefficient (Wildman–Crippen LogP) is 4.01. The Hall–Kier alpha value is -2.14. The molecule has 0 heterocycles. The van der Waals surface area contributed by atoms with E-state index in [1.54, 1.807) is 19.1 Å². The van der Waals surface area contributed by atoms with Crippen molar-refractivity contribution < 1.29 is 13.2 Å². The molecule has 0 aliphatic heterocycles. The molecule has 9 heteroatoms. The molecule has 0 unspecified atom stereocenters. The molecule has 0 saturated heterocycles. The molecule has 0 aromatic heterocycles. The molecular weight excluding hydrogens is 539 g/mol. The third-order valence-corrected chi connectivity index (χ3v) is 5.83. The molecule has 0 atom stereocenters. The summed E-state index contributed by atoms with van der Waals surface area (Å²) < 4.78 is 23.5. The van der Waals surface area contributed by atoms with Gasteiger partial charge in [0, 0.05) is 31.5 Å². The third-order valence-electron chi connectivity index (χ3n) is 4.58. The molecule has 2 rings (SSSR count). The molecule has 176 valence electrons. The summed E-state index contributed by atoms with van der Waals surface area (Å²) in [7, 11) is -3.23. The molecular formula is C23H33IN4O3S. The van der Waals surface area contributed by atoms with Crippen molar-refractivity contribution >= 4 is 51.4 Å². The molecule has 0 spiro atoms. The van der Waals surface area contributed by atoms with Crippen LogP contribution in [0.3, 0.4) is 0 Å². The highest BCUT2D eigenvalue weighted by molar-refractivity contribution is 14.0. The first-order valence-corrected chi connectivity index (χ1v) is 12.3. The SMILES string of the molecule is CCCC(=O)Nc1ccc(CNC(=NCc2ccc(S(C)(=O)=O)c(C)c2)NCC)cc1.I. The molecule has 0 bridgehead atoms. The molecule has 32 heavy (non-hydrogen) atoms. The number of aliphatic imine (C=N–C) groups is 1. The van der Waals surface area contributed by atoms with Crippen molar-refractivity contribution in [3.05, 3.63) is 59.2 Å². The Morgan fingerprint density at radius 1 is 1.00 bits per heavy atom. The topological polar surface area (TPSA) is 99.7 Å². The van der Waals surface area contributed by atoms with Crippen LogP contribution in [0.5, 0.6) is 0 Å². The molecule has 0 saturated carbocycles. The lowest BCUT2D eigenvalue weighted by molar-refractivity contribution is -0.116. The van der Waals surface area contributed by atoms with Crippen molar-refractivity contribution in [1.29, 1.82) is 0 Å². The normalized spacial score (nSPS) is 11.4. The molecule has 0 radical (unpaired) electrons. The second-order valence-electron chi connectivity index (χ2n) is 7.42. The molecule has 2 aromatic carbocycles. The van der Waals surface area contributed by atoms with E-state index in [2.05, 4.69) is 20.9 Å². The van der Waals surface area contributed by atoms with Crippen LogP contribution < -0.4 is 16.0 Å². The zero-order valence-corrected chi connectivity index (χ0v) is 22.2. The first kappa shape index (κ1) is 27.9. The molecule has 3 N–H and O–H groups in total. The van der Waals surface area contributed by atoms with Crippen LogP contribution in [0.1, 0.15) is 43.4 Å². The standard InChI is InChI=1S/C23H32N4O3S.HI/c1-5-7-22(28)27-20-11-8-18(9-12-20)15-25-23(24-6-2)26-16-19-10-13-21(17(3)14-19)31(4,29)30;/h8-14H,5-7,15-16H2,1-4H3,(H,27,28)(H2,24,25,26);1H. The average molecular weight is 573 g/mol. The number of nitrogens with one attached hydrogen (secondary N) is 3. The number of nitrogens with zero attached hydrogens (tertiary/aromatic N) is 1.